The van der Waals surface area contributed by atoms with Crippen molar-refractivity contribution in [3.63, 3.8) is 0 Å². The molecule has 32 heavy (non-hydrogen) atoms. The van der Waals surface area contributed by atoms with E-state index in [4.69, 9.17) is 4.18 Å². The summed E-state index contributed by atoms with van der Waals surface area (Å²) in [6.07, 6.45) is 3.52. The molecule has 8 heteroatoms. The van der Waals surface area contributed by atoms with Crippen LogP contribution in [0.25, 0.3) is 0 Å². The predicted molar refractivity (Wildman–Crippen MR) is 126 cm³/mol. The average molecular weight is 466 g/mol. The number of hydrogen-bond donors (Lipinski definition) is 2. The van der Waals surface area contributed by atoms with Gasteiger partial charge in [-0.1, -0.05) is 53.7 Å². The second-order valence-corrected chi connectivity index (χ2v) is 12.0. The molecule has 1 heterocycles. The van der Waals surface area contributed by atoms with Crippen LogP contribution in [0.1, 0.15) is 70.3 Å². The van der Waals surface area contributed by atoms with E-state index in [1.54, 1.807) is 11.5 Å². The molecule has 178 valence electrons. The second kappa shape index (κ2) is 8.81. The van der Waals surface area contributed by atoms with Crippen LogP contribution < -0.4 is 9.61 Å². The topological polar surface area (TPSA) is 106 Å². The van der Waals surface area contributed by atoms with Crippen molar-refractivity contribution < 1.29 is 22.8 Å². The van der Waals surface area contributed by atoms with Crippen molar-refractivity contribution in [2.45, 2.75) is 78.7 Å². The van der Waals surface area contributed by atoms with E-state index in [0.29, 0.717) is 30.8 Å². The number of rotatable bonds is 6. The van der Waals surface area contributed by atoms with E-state index in [9.17, 15) is 23.4 Å². The fourth-order valence-corrected chi connectivity index (χ4v) is 4.05. The highest BCUT2D eigenvalue weighted by atomic mass is 32.2. The maximum atomic E-state index is 12.1. The molecule has 2 N–H and O–H groups in total. The molecule has 0 fully saturated rings. The molecule has 0 bridgehead atoms. The molecule has 7 nitrogen and oxygen atoms in total. The maximum Gasteiger partial charge on any atom is 0.306 e. The van der Waals surface area contributed by atoms with Crippen molar-refractivity contribution in [2.24, 2.45) is 0 Å². The molecule has 0 saturated carbocycles. The van der Waals surface area contributed by atoms with Crippen molar-refractivity contribution in [3.8, 4) is 17.2 Å². The van der Waals surface area contributed by atoms with E-state index in [0.717, 1.165) is 22.9 Å². The summed E-state index contributed by atoms with van der Waals surface area (Å²) in [5, 5.41) is 21.0. The molecule has 0 saturated heterocycles. The van der Waals surface area contributed by atoms with Gasteiger partial charge in [-0.2, -0.15) is 8.42 Å². The minimum Gasteiger partial charge on any atom is -0.507 e. The van der Waals surface area contributed by atoms with Gasteiger partial charge in [0.1, 0.15) is 5.75 Å². The van der Waals surface area contributed by atoms with Gasteiger partial charge in [0.15, 0.2) is 5.75 Å². The van der Waals surface area contributed by atoms with Crippen LogP contribution in [0.3, 0.4) is 0 Å². The Morgan fingerprint density at radius 3 is 1.91 bits per heavy atom. The largest absolute Gasteiger partial charge is 0.507 e. The van der Waals surface area contributed by atoms with E-state index in [1.165, 1.54) is 6.20 Å². The van der Waals surface area contributed by atoms with E-state index in [1.807, 2.05) is 12.1 Å². The molecule has 0 unspecified atom stereocenters. The van der Waals surface area contributed by atoms with Gasteiger partial charge in [0.2, 0.25) is 5.75 Å². The van der Waals surface area contributed by atoms with Gasteiger partial charge in [0.05, 0.1) is 18.1 Å². The molecular weight excluding hydrogens is 430 g/mol. The third-order valence-electron chi connectivity index (χ3n) is 5.38. The molecule has 0 aliphatic heterocycles. The lowest BCUT2D eigenvalue weighted by Crippen LogP contribution is -2.19. The van der Waals surface area contributed by atoms with E-state index < -0.39 is 27.0 Å². The molecule has 0 aliphatic carbocycles. The number of aryl methyl sites for hydroxylation is 2. The van der Waals surface area contributed by atoms with Crippen LogP contribution in [0.5, 0.6) is 17.2 Å². The van der Waals surface area contributed by atoms with Crippen LogP contribution >= 0.6 is 0 Å². The van der Waals surface area contributed by atoms with Gasteiger partial charge < -0.3 is 19.0 Å². The van der Waals surface area contributed by atoms with Gasteiger partial charge in [-0.15, -0.1) is 0 Å². The number of aromatic hydroxyl groups is 2. The Morgan fingerprint density at radius 2 is 1.47 bits per heavy atom. The zero-order valence-electron chi connectivity index (χ0n) is 20.2. The average Bonchev–Trinajstić information content (AvgIpc) is 2.61. The Hall–Kier alpha value is -2.48. The van der Waals surface area contributed by atoms with E-state index in [-0.39, 0.29) is 10.8 Å². The van der Waals surface area contributed by atoms with Crippen molar-refractivity contribution >= 4 is 10.1 Å². The monoisotopic (exact) mass is 465 g/mol. The third kappa shape index (κ3) is 6.06. The fraction of sp³-hybridized carbons (Fsp3) is 0.542. The smallest absolute Gasteiger partial charge is 0.306 e. The first kappa shape index (κ1) is 25.8. The van der Waals surface area contributed by atoms with Crippen LogP contribution in [-0.2, 0) is 33.9 Å². The molecule has 0 atom stereocenters. The zero-order chi connectivity index (χ0) is 24.6. The molecule has 0 amide bonds. The minimum absolute atomic E-state index is 0.223. The summed E-state index contributed by atoms with van der Waals surface area (Å²) < 4.78 is 29.2. The van der Waals surface area contributed by atoms with Crippen molar-refractivity contribution in [1.29, 1.82) is 0 Å². The highest BCUT2D eigenvalue weighted by molar-refractivity contribution is 7.86. The molecule has 0 radical (unpaired) electrons. The Balaban J connectivity index is 2.35. The van der Waals surface area contributed by atoms with Gasteiger partial charge in [-0.3, -0.25) is 4.79 Å². The number of aromatic nitrogens is 1. The maximum absolute atomic E-state index is 12.1. The van der Waals surface area contributed by atoms with Gasteiger partial charge in [-0.25, -0.2) is 0 Å². The van der Waals surface area contributed by atoms with Gasteiger partial charge in [0, 0.05) is 6.54 Å². The first-order valence-corrected chi connectivity index (χ1v) is 12.4. The number of pyridine rings is 1. The van der Waals surface area contributed by atoms with Crippen molar-refractivity contribution in [2.75, 3.05) is 6.26 Å². The SMILES string of the molecule is Cc1c(O)c(=O)c(OS(C)(=O)=O)cn1CCCc1cc(C(C)(C)C)c(O)c(C(C)(C)C)c1. The second-order valence-electron chi connectivity index (χ2n) is 10.4. The molecule has 2 aromatic rings. The standard InChI is InChI=1S/C24H35NO6S/c1-15-20(26)22(28)19(31-32(8,29)30)14-25(15)11-9-10-16-12-17(23(2,3)4)21(27)18(13-16)24(5,6)7/h12-14,26-27H,9-11H2,1-8H3. The molecular formula is C24H35NO6S. The molecule has 2 rings (SSSR count). The van der Waals surface area contributed by atoms with Crippen LogP contribution in [0.4, 0.5) is 0 Å². The zero-order valence-corrected chi connectivity index (χ0v) is 21.1. The number of nitrogens with zero attached hydrogens (tertiary/aromatic N) is 1. The molecule has 0 aliphatic rings. The van der Waals surface area contributed by atoms with Crippen LogP contribution in [0, 0.1) is 6.92 Å². The van der Waals surface area contributed by atoms with Crippen molar-refractivity contribution in [1.82, 2.24) is 4.57 Å². The lowest BCUT2D eigenvalue weighted by atomic mass is 9.78. The van der Waals surface area contributed by atoms with Gasteiger partial charge >= 0.3 is 10.1 Å². The van der Waals surface area contributed by atoms with E-state index >= 15 is 0 Å². The van der Waals surface area contributed by atoms with Crippen molar-refractivity contribution in [3.05, 3.63) is 50.9 Å². The summed E-state index contributed by atoms with van der Waals surface area (Å²) in [7, 11) is -3.90. The quantitative estimate of drug-likeness (QED) is 0.621. The van der Waals surface area contributed by atoms with Crippen LogP contribution in [0.2, 0.25) is 0 Å². The lowest BCUT2D eigenvalue weighted by molar-refractivity contribution is 0.422. The van der Waals surface area contributed by atoms with Gasteiger partial charge in [-0.05, 0) is 47.3 Å². The highest BCUT2D eigenvalue weighted by Crippen LogP contribution is 2.40. The fourth-order valence-electron chi connectivity index (χ4n) is 3.60. The summed E-state index contributed by atoms with van der Waals surface area (Å²) in [5.74, 6) is -0.622. The first-order chi connectivity index (χ1) is 14.4. The summed E-state index contributed by atoms with van der Waals surface area (Å²) in [5.41, 5.74) is 1.90. The Labute approximate surface area is 190 Å². The molecule has 1 aromatic carbocycles. The summed E-state index contributed by atoms with van der Waals surface area (Å²) in [6.45, 7) is 14.4. The first-order valence-electron chi connectivity index (χ1n) is 10.6. The predicted octanol–water partition coefficient (Wildman–Crippen LogP) is 4.13. The minimum atomic E-state index is -3.90. The molecule has 1 aromatic heterocycles. The number of benzene rings is 1. The number of phenolic OH excluding ortho intramolecular Hbond substituents is 1. The summed E-state index contributed by atoms with van der Waals surface area (Å²) in [4.78, 5) is 12.1. The summed E-state index contributed by atoms with van der Waals surface area (Å²) >= 11 is 0. The number of phenols is 1. The summed E-state index contributed by atoms with van der Waals surface area (Å²) in [6, 6.07) is 4.05. The normalized spacial score (nSPS) is 12.8. The third-order valence-corrected chi connectivity index (χ3v) is 5.86. The lowest BCUT2D eigenvalue weighted by Gasteiger charge is -2.28. The van der Waals surface area contributed by atoms with Crippen LogP contribution in [0.15, 0.2) is 23.1 Å². The Morgan fingerprint density at radius 1 is 0.969 bits per heavy atom. The Bertz CT molecular complexity index is 1130. The van der Waals surface area contributed by atoms with Gasteiger partial charge in [0.25, 0.3) is 5.43 Å². The molecule has 0 spiro atoms. The van der Waals surface area contributed by atoms with Crippen LogP contribution in [-0.4, -0.2) is 29.5 Å². The van der Waals surface area contributed by atoms with E-state index in [2.05, 4.69) is 41.5 Å². The Kier molecular flexibility index (Phi) is 7.10. The highest BCUT2D eigenvalue weighted by Gasteiger charge is 2.26. The number of hydrogen-bond acceptors (Lipinski definition) is 6.